The number of nitrogens with zero attached hydrogens (tertiary/aromatic N) is 1. The van der Waals surface area contributed by atoms with E-state index in [1.807, 2.05) is 43.3 Å². The van der Waals surface area contributed by atoms with Crippen molar-refractivity contribution in [1.82, 2.24) is 0 Å². The van der Waals surface area contributed by atoms with Crippen molar-refractivity contribution in [3.63, 3.8) is 0 Å². The monoisotopic (exact) mass is 392 g/mol. The molecule has 0 aromatic heterocycles. The van der Waals surface area contributed by atoms with Gasteiger partial charge in [0.1, 0.15) is 11.6 Å². The van der Waals surface area contributed by atoms with Crippen molar-refractivity contribution in [2.45, 2.75) is 0 Å². The third kappa shape index (κ3) is 5.42. The van der Waals surface area contributed by atoms with Crippen molar-refractivity contribution in [2.24, 2.45) is 0 Å². The molecule has 0 aliphatic carbocycles. The van der Waals surface area contributed by atoms with Gasteiger partial charge in [0, 0.05) is 36.6 Å². The van der Waals surface area contributed by atoms with Gasteiger partial charge in [-0.3, -0.25) is 9.59 Å². The summed E-state index contributed by atoms with van der Waals surface area (Å²) in [5.74, 6) is -0.416. The molecule has 3 aromatic rings. The summed E-state index contributed by atoms with van der Waals surface area (Å²) in [6, 6.07) is 19.3. The standard InChI is InChI=1S/C23H21FN2O3/c1-26(2)20-11-9-19(10-12-20)25-22(27)15-29-21-13-5-17(6-14-21)23(28)16-3-7-18(24)8-4-16/h3-14H,15H2,1-2H3,(H,25,27). The second-order valence-corrected chi connectivity index (χ2v) is 6.64. The van der Waals surface area contributed by atoms with Crippen LogP contribution in [0.25, 0.3) is 0 Å². The van der Waals surface area contributed by atoms with Crippen molar-refractivity contribution in [3.05, 3.63) is 89.7 Å². The number of carbonyl (C=O) groups is 2. The number of hydrogen-bond donors (Lipinski definition) is 1. The summed E-state index contributed by atoms with van der Waals surface area (Å²) in [4.78, 5) is 26.4. The van der Waals surface area contributed by atoms with Gasteiger partial charge in [0.15, 0.2) is 12.4 Å². The normalized spacial score (nSPS) is 10.3. The Labute approximate surface area is 168 Å². The molecule has 0 bridgehead atoms. The molecule has 5 nitrogen and oxygen atoms in total. The predicted molar refractivity (Wildman–Crippen MR) is 111 cm³/mol. The molecular formula is C23H21FN2O3. The largest absolute Gasteiger partial charge is 0.484 e. The number of anilines is 2. The molecule has 0 fully saturated rings. The van der Waals surface area contributed by atoms with Crippen LogP contribution in [-0.4, -0.2) is 32.4 Å². The Morgan fingerprint density at radius 1 is 0.862 bits per heavy atom. The molecule has 29 heavy (non-hydrogen) atoms. The number of ether oxygens (including phenoxy) is 1. The molecule has 0 unspecified atom stereocenters. The smallest absolute Gasteiger partial charge is 0.262 e. The minimum absolute atomic E-state index is 0.152. The maximum Gasteiger partial charge on any atom is 0.262 e. The van der Waals surface area contributed by atoms with Crippen LogP contribution in [0.15, 0.2) is 72.8 Å². The third-order valence-electron chi connectivity index (χ3n) is 4.26. The average molecular weight is 392 g/mol. The lowest BCUT2D eigenvalue weighted by atomic mass is 10.0. The topological polar surface area (TPSA) is 58.6 Å². The molecular weight excluding hydrogens is 371 g/mol. The minimum Gasteiger partial charge on any atom is -0.484 e. The van der Waals surface area contributed by atoms with Crippen molar-refractivity contribution >= 4 is 23.1 Å². The minimum atomic E-state index is -0.391. The average Bonchev–Trinajstić information content (AvgIpc) is 2.73. The molecule has 0 aliphatic heterocycles. The number of hydrogen-bond acceptors (Lipinski definition) is 4. The number of carbonyl (C=O) groups excluding carboxylic acids is 2. The maximum atomic E-state index is 13.0. The summed E-state index contributed by atoms with van der Waals surface area (Å²) in [6.45, 7) is -0.152. The summed E-state index contributed by atoms with van der Waals surface area (Å²) < 4.78 is 18.5. The number of amides is 1. The fourth-order valence-electron chi connectivity index (χ4n) is 2.66. The quantitative estimate of drug-likeness (QED) is 0.614. The summed E-state index contributed by atoms with van der Waals surface area (Å²) in [6.07, 6.45) is 0. The van der Waals surface area contributed by atoms with Gasteiger partial charge >= 0.3 is 0 Å². The zero-order chi connectivity index (χ0) is 20.8. The van der Waals surface area contributed by atoms with Crippen LogP contribution in [0.5, 0.6) is 5.75 Å². The van der Waals surface area contributed by atoms with E-state index in [-0.39, 0.29) is 18.3 Å². The Kier molecular flexibility index (Phi) is 6.24. The number of nitrogens with one attached hydrogen (secondary N) is 1. The van der Waals surface area contributed by atoms with E-state index in [0.29, 0.717) is 22.6 Å². The first-order chi connectivity index (χ1) is 13.9. The van der Waals surface area contributed by atoms with Crippen LogP contribution in [0.1, 0.15) is 15.9 Å². The van der Waals surface area contributed by atoms with E-state index in [9.17, 15) is 14.0 Å². The second-order valence-electron chi connectivity index (χ2n) is 6.64. The van der Waals surface area contributed by atoms with Crippen LogP contribution in [0, 0.1) is 5.82 Å². The van der Waals surface area contributed by atoms with Gasteiger partial charge in [0.05, 0.1) is 0 Å². The lowest BCUT2D eigenvalue weighted by molar-refractivity contribution is -0.118. The van der Waals surface area contributed by atoms with Gasteiger partial charge in [-0.15, -0.1) is 0 Å². The summed E-state index contributed by atoms with van der Waals surface area (Å²) in [5.41, 5.74) is 2.58. The molecule has 0 saturated carbocycles. The van der Waals surface area contributed by atoms with Crippen LogP contribution in [0.4, 0.5) is 15.8 Å². The van der Waals surface area contributed by atoms with Crippen LogP contribution in [-0.2, 0) is 4.79 Å². The number of halogens is 1. The highest BCUT2D eigenvalue weighted by molar-refractivity contribution is 6.09. The molecule has 1 N–H and O–H groups in total. The van der Waals surface area contributed by atoms with Crippen LogP contribution < -0.4 is 15.0 Å². The van der Waals surface area contributed by atoms with Crippen LogP contribution in [0.2, 0.25) is 0 Å². The molecule has 3 rings (SSSR count). The molecule has 148 valence electrons. The third-order valence-corrected chi connectivity index (χ3v) is 4.26. The van der Waals surface area contributed by atoms with E-state index in [4.69, 9.17) is 4.74 Å². The lowest BCUT2D eigenvalue weighted by Crippen LogP contribution is -2.20. The zero-order valence-corrected chi connectivity index (χ0v) is 16.2. The fraction of sp³-hybridized carbons (Fsp3) is 0.130. The van der Waals surface area contributed by atoms with Crippen LogP contribution >= 0.6 is 0 Å². The van der Waals surface area contributed by atoms with Gasteiger partial charge in [0.25, 0.3) is 5.91 Å². The summed E-state index contributed by atoms with van der Waals surface area (Å²) in [5, 5.41) is 2.77. The van der Waals surface area contributed by atoms with E-state index < -0.39 is 5.82 Å². The predicted octanol–water partition coefficient (Wildman–Crippen LogP) is 4.14. The SMILES string of the molecule is CN(C)c1ccc(NC(=O)COc2ccc(C(=O)c3ccc(F)cc3)cc2)cc1. The highest BCUT2D eigenvalue weighted by atomic mass is 19.1. The molecule has 6 heteroatoms. The molecule has 0 heterocycles. The van der Waals surface area contributed by atoms with Gasteiger partial charge in [-0.2, -0.15) is 0 Å². The van der Waals surface area contributed by atoms with Gasteiger partial charge in [-0.05, 0) is 72.8 Å². The zero-order valence-electron chi connectivity index (χ0n) is 16.2. The van der Waals surface area contributed by atoms with Gasteiger partial charge in [-0.25, -0.2) is 4.39 Å². The Hall–Kier alpha value is -3.67. The molecule has 0 saturated heterocycles. The van der Waals surface area contributed by atoms with Crippen LogP contribution in [0.3, 0.4) is 0 Å². The molecule has 0 spiro atoms. The van der Waals surface area contributed by atoms with E-state index in [1.54, 1.807) is 24.3 Å². The Morgan fingerprint density at radius 3 is 1.97 bits per heavy atom. The molecule has 0 radical (unpaired) electrons. The van der Waals surface area contributed by atoms with E-state index in [0.717, 1.165) is 5.69 Å². The summed E-state index contributed by atoms with van der Waals surface area (Å²) >= 11 is 0. The van der Waals surface area contributed by atoms with E-state index in [1.165, 1.54) is 24.3 Å². The molecule has 3 aromatic carbocycles. The van der Waals surface area contributed by atoms with E-state index in [2.05, 4.69) is 5.32 Å². The Bertz CT molecular complexity index is 982. The van der Waals surface area contributed by atoms with Crippen molar-refractivity contribution in [2.75, 3.05) is 30.9 Å². The maximum absolute atomic E-state index is 13.0. The Morgan fingerprint density at radius 2 is 1.41 bits per heavy atom. The van der Waals surface area contributed by atoms with Gasteiger partial charge in [-0.1, -0.05) is 0 Å². The molecule has 0 atom stereocenters. The van der Waals surface area contributed by atoms with Crippen molar-refractivity contribution in [1.29, 1.82) is 0 Å². The highest BCUT2D eigenvalue weighted by Gasteiger charge is 2.10. The first-order valence-electron chi connectivity index (χ1n) is 9.03. The first kappa shape index (κ1) is 20.1. The lowest BCUT2D eigenvalue weighted by Gasteiger charge is -2.13. The molecule has 1 amide bonds. The van der Waals surface area contributed by atoms with Crippen molar-refractivity contribution in [3.8, 4) is 5.75 Å². The summed E-state index contributed by atoms with van der Waals surface area (Å²) in [7, 11) is 3.89. The number of benzene rings is 3. The fourth-order valence-corrected chi connectivity index (χ4v) is 2.66. The highest BCUT2D eigenvalue weighted by Crippen LogP contribution is 2.17. The Balaban J connectivity index is 1.53. The van der Waals surface area contributed by atoms with Gasteiger partial charge in [0.2, 0.25) is 0 Å². The van der Waals surface area contributed by atoms with Gasteiger partial charge < -0.3 is 15.0 Å². The van der Waals surface area contributed by atoms with E-state index >= 15 is 0 Å². The first-order valence-corrected chi connectivity index (χ1v) is 9.03. The number of ketones is 1. The molecule has 0 aliphatic rings. The second kappa shape index (κ2) is 9.01. The van der Waals surface area contributed by atoms with Crippen molar-refractivity contribution < 1.29 is 18.7 Å². The number of rotatable bonds is 7.